The number of carbonyl (C=O) groups excluding carboxylic acids is 2. The van der Waals surface area contributed by atoms with Crippen LogP contribution >= 0.6 is 0 Å². The SMILES string of the molecule is C=CCOc1ccc(C(=O)NNC(=O)c2cc(C)n(-c3ccccc3)c2C)cc1. The summed E-state index contributed by atoms with van der Waals surface area (Å²) in [4.78, 5) is 24.9. The molecule has 3 rings (SSSR count). The average molecular weight is 389 g/mol. The zero-order valence-electron chi connectivity index (χ0n) is 16.4. The summed E-state index contributed by atoms with van der Waals surface area (Å²) in [5, 5.41) is 0. The number of carbonyl (C=O) groups is 2. The summed E-state index contributed by atoms with van der Waals surface area (Å²) in [6, 6.07) is 18.2. The molecule has 0 spiro atoms. The van der Waals surface area contributed by atoms with Gasteiger partial charge < -0.3 is 9.30 Å². The Kier molecular flexibility index (Phi) is 6.14. The molecule has 2 amide bonds. The van der Waals surface area contributed by atoms with Crippen LogP contribution in [-0.2, 0) is 0 Å². The fourth-order valence-electron chi connectivity index (χ4n) is 3.08. The van der Waals surface area contributed by atoms with Gasteiger partial charge in [-0.3, -0.25) is 20.4 Å². The van der Waals surface area contributed by atoms with Crippen molar-refractivity contribution < 1.29 is 14.3 Å². The minimum Gasteiger partial charge on any atom is -0.490 e. The highest BCUT2D eigenvalue weighted by atomic mass is 16.5. The molecular formula is C23H23N3O3. The predicted molar refractivity (Wildman–Crippen MR) is 112 cm³/mol. The molecule has 0 aliphatic rings. The van der Waals surface area contributed by atoms with Crippen molar-refractivity contribution in [3.63, 3.8) is 0 Å². The molecule has 6 nitrogen and oxygen atoms in total. The molecule has 148 valence electrons. The summed E-state index contributed by atoms with van der Waals surface area (Å²) in [6.07, 6.45) is 1.64. The third kappa shape index (κ3) is 4.55. The summed E-state index contributed by atoms with van der Waals surface area (Å²) in [7, 11) is 0. The standard InChI is InChI=1S/C23H23N3O3/c1-4-14-29-20-12-10-18(11-13-20)22(27)24-25-23(28)21-15-16(2)26(17(21)3)19-8-6-5-7-9-19/h4-13,15H,1,14H2,2-3H3,(H,24,27)(H,25,28). The van der Waals surface area contributed by atoms with Crippen molar-refractivity contribution in [3.05, 3.63) is 95.8 Å². The third-order valence-electron chi connectivity index (χ3n) is 4.46. The Morgan fingerprint density at radius 3 is 2.31 bits per heavy atom. The summed E-state index contributed by atoms with van der Waals surface area (Å²) >= 11 is 0. The van der Waals surface area contributed by atoms with E-state index in [2.05, 4.69) is 17.4 Å². The van der Waals surface area contributed by atoms with E-state index < -0.39 is 5.91 Å². The van der Waals surface area contributed by atoms with E-state index in [-0.39, 0.29) is 5.91 Å². The van der Waals surface area contributed by atoms with E-state index in [4.69, 9.17) is 4.74 Å². The van der Waals surface area contributed by atoms with Crippen LogP contribution in [0.25, 0.3) is 5.69 Å². The quantitative estimate of drug-likeness (QED) is 0.498. The first-order valence-electron chi connectivity index (χ1n) is 9.20. The van der Waals surface area contributed by atoms with Gasteiger partial charge in [0.1, 0.15) is 12.4 Å². The summed E-state index contributed by atoms with van der Waals surface area (Å²) in [6.45, 7) is 7.79. The lowest BCUT2D eigenvalue weighted by molar-refractivity contribution is 0.0846. The first kappa shape index (κ1) is 19.9. The maximum atomic E-state index is 12.6. The van der Waals surface area contributed by atoms with Crippen molar-refractivity contribution >= 4 is 11.8 Å². The molecule has 0 aliphatic heterocycles. The van der Waals surface area contributed by atoms with Crippen LogP contribution in [-0.4, -0.2) is 23.0 Å². The number of benzene rings is 2. The number of hydrogen-bond acceptors (Lipinski definition) is 3. The maximum absolute atomic E-state index is 12.6. The van der Waals surface area contributed by atoms with Gasteiger partial charge in [0, 0.05) is 22.6 Å². The van der Waals surface area contributed by atoms with Crippen LogP contribution in [0.2, 0.25) is 0 Å². The Morgan fingerprint density at radius 1 is 1.00 bits per heavy atom. The number of amides is 2. The number of rotatable bonds is 6. The Bertz CT molecular complexity index is 1020. The molecular weight excluding hydrogens is 366 g/mol. The number of hydrogen-bond donors (Lipinski definition) is 2. The molecule has 2 N–H and O–H groups in total. The number of nitrogens with one attached hydrogen (secondary N) is 2. The minimum absolute atomic E-state index is 0.375. The number of aryl methyl sites for hydroxylation is 1. The molecule has 1 aromatic heterocycles. The lowest BCUT2D eigenvalue weighted by Crippen LogP contribution is -2.41. The molecule has 1 heterocycles. The molecule has 0 atom stereocenters. The Balaban J connectivity index is 1.66. The lowest BCUT2D eigenvalue weighted by atomic mass is 10.2. The zero-order chi connectivity index (χ0) is 20.8. The van der Waals surface area contributed by atoms with Gasteiger partial charge in [-0.15, -0.1) is 0 Å². The fourth-order valence-corrected chi connectivity index (χ4v) is 3.08. The molecule has 0 aliphatic carbocycles. The number of para-hydroxylation sites is 1. The van der Waals surface area contributed by atoms with Gasteiger partial charge in [-0.1, -0.05) is 30.9 Å². The van der Waals surface area contributed by atoms with E-state index in [1.165, 1.54) is 0 Å². The van der Waals surface area contributed by atoms with E-state index in [1.54, 1.807) is 36.4 Å². The van der Waals surface area contributed by atoms with Crippen LogP contribution in [0.4, 0.5) is 0 Å². The highest BCUT2D eigenvalue weighted by Crippen LogP contribution is 2.20. The number of hydrazine groups is 1. The van der Waals surface area contributed by atoms with E-state index in [9.17, 15) is 9.59 Å². The van der Waals surface area contributed by atoms with Crippen LogP contribution in [0.5, 0.6) is 5.75 Å². The molecule has 0 radical (unpaired) electrons. The van der Waals surface area contributed by atoms with Gasteiger partial charge in [-0.25, -0.2) is 0 Å². The van der Waals surface area contributed by atoms with E-state index in [0.717, 1.165) is 17.1 Å². The van der Waals surface area contributed by atoms with Crippen LogP contribution < -0.4 is 15.6 Å². The zero-order valence-corrected chi connectivity index (χ0v) is 16.4. The van der Waals surface area contributed by atoms with E-state index in [0.29, 0.717) is 23.5 Å². The molecule has 3 aromatic rings. The van der Waals surface area contributed by atoms with E-state index in [1.807, 2.05) is 48.7 Å². The van der Waals surface area contributed by atoms with Crippen molar-refractivity contribution in [3.8, 4) is 11.4 Å². The number of aromatic nitrogens is 1. The molecule has 0 saturated heterocycles. The highest BCUT2D eigenvalue weighted by Gasteiger charge is 2.17. The van der Waals surface area contributed by atoms with Crippen molar-refractivity contribution in [2.24, 2.45) is 0 Å². The topological polar surface area (TPSA) is 72.4 Å². The normalized spacial score (nSPS) is 10.3. The molecule has 6 heteroatoms. The number of ether oxygens (including phenoxy) is 1. The van der Waals surface area contributed by atoms with Gasteiger partial charge in [-0.2, -0.15) is 0 Å². The van der Waals surface area contributed by atoms with Gasteiger partial charge >= 0.3 is 0 Å². The highest BCUT2D eigenvalue weighted by molar-refractivity contribution is 6.00. The van der Waals surface area contributed by atoms with Gasteiger partial charge in [0.2, 0.25) is 0 Å². The van der Waals surface area contributed by atoms with Crippen molar-refractivity contribution in [1.29, 1.82) is 0 Å². The molecule has 2 aromatic carbocycles. The van der Waals surface area contributed by atoms with Gasteiger partial charge in [0.05, 0.1) is 5.56 Å². The van der Waals surface area contributed by atoms with Gasteiger partial charge in [0.15, 0.2) is 0 Å². The van der Waals surface area contributed by atoms with Crippen LogP contribution in [0.1, 0.15) is 32.1 Å². The molecule has 0 saturated carbocycles. The minimum atomic E-state index is -0.412. The summed E-state index contributed by atoms with van der Waals surface area (Å²) < 4.78 is 7.39. The van der Waals surface area contributed by atoms with Crippen LogP contribution in [0.15, 0.2) is 73.3 Å². The van der Waals surface area contributed by atoms with Crippen molar-refractivity contribution in [2.45, 2.75) is 13.8 Å². The lowest BCUT2D eigenvalue weighted by Gasteiger charge is -2.10. The Morgan fingerprint density at radius 2 is 1.66 bits per heavy atom. The monoisotopic (exact) mass is 389 g/mol. The first-order chi connectivity index (χ1) is 14.0. The van der Waals surface area contributed by atoms with Crippen LogP contribution in [0.3, 0.4) is 0 Å². The third-order valence-corrected chi connectivity index (χ3v) is 4.46. The molecule has 29 heavy (non-hydrogen) atoms. The second kappa shape index (κ2) is 8.93. The fraction of sp³-hybridized carbons (Fsp3) is 0.130. The Hall–Kier alpha value is -3.80. The van der Waals surface area contributed by atoms with Gasteiger partial charge in [-0.05, 0) is 56.3 Å². The number of nitrogens with zero attached hydrogens (tertiary/aromatic N) is 1. The van der Waals surface area contributed by atoms with Crippen molar-refractivity contribution in [1.82, 2.24) is 15.4 Å². The first-order valence-corrected chi connectivity index (χ1v) is 9.20. The van der Waals surface area contributed by atoms with E-state index >= 15 is 0 Å². The molecule has 0 bridgehead atoms. The maximum Gasteiger partial charge on any atom is 0.271 e. The summed E-state index contributed by atoms with van der Waals surface area (Å²) in [5.74, 6) is -0.149. The molecule has 0 unspecified atom stereocenters. The van der Waals surface area contributed by atoms with Crippen molar-refractivity contribution in [2.75, 3.05) is 6.61 Å². The average Bonchev–Trinajstić information content (AvgIpc) is 3.05. The second-order valence-electron chi connectivity index (χ2n) is 6.49. The molecule has 0 fully saturated rings. The largest absolute Gasteiger partial charge is 0.490 e. The summed E-state index contributed by atoms with van der Waals surface area (Å²) in [5.41, 5.74) is 8.54. The second-order valence-corrected chi connectivity index (χ2v) is 6.49. The smallest absolute Gasteiger partial charge is 0.271 e. The predicted octanol–water partition coefficient (Wildman–Crippen LogP) is 3.73. The Labute approximate surface area is 169 Å². The van der Waals surface area contributed by atoms with Gasteiger partial charge in [0.25, 0.3) is 11.8 Å². The van der Waals surface area contributed by atoms with Crippen LogP contribution in [0, 0.1) is 13.8 Å².